The van der Waals surface area contributed by atoms with Crippen molar-refractivity contribution < 1.29 is 5.11 Å². The lowest BCUT2D eigenvalue weighted by atomic mass is 9.87. The molecule has 0 amide bonds. The number of rotatable bonds is 3. The first-order chi connectivity index (χ1) is 7.41. The first-order valence-corrected chi connectivity index (χ1v) is 6.39. The number of nitrogens with two attached hydrogens (primary N) is 1. The second kappa shape index (κ2) is 5.19. The highest BCUT2D eigenvalue weighted by Gasteiger charge is 2.18. The van der Waals surface area contributed by atoms with Crippen LogP contribution in [0.5, 0.6) is 5.75 Å². The molecule has 0 aliphatic carbocycles. The minimum absolute atomic E-state index is 0.360. The fourth-order valence-electron chi connectivity index (χ4n) is 2.25. The smallest absolute Gasteiger partial charge is 0.133 e. The second-order valence-electron chi connectivity index (χ2n) is 4.43. The third-order valence-electron chi connectivity index (χ3n) is 3.36. The van der Waals surface area contributed by atoms with Gasteiger partial charge in [0, 0.05) is 0 Å². The molecule has 1 atom stereocenters. The van der Waals surface area contributed by atoms with Gasteiger partial charge in [0.05, 0.1) is 4.47 Å². The van der Waals surface area contributed by atoms with Crippen LogP contribution in [0, 0.1) is 20.8 Å². The van der Waals surface area contributed by atoms with Gasteiger partial charge in [-0.3, -0.25) is 0 Å². The molecule has 1 rings (SSSR count). The SMILES string of the molecule is Cc1c(C)c(C(C)CCN)c(C)c(Br)c1O. The average molecular weight is 286 g/mol. The van der Waals surface area contributed by atoms with E-state index in [-0.39, 0.29) is 0 Å². The molecule has 0 spiro atoms. The molecule has 0 aromatic heterocycles. The van der Waals surface area contributed by atoms with E-state index in [1.54, 1.807) is 0 Å². The summed E-state index contributed by atoms with van der Waals surface area (Å²) in [4.78, 5) is 0. The van der Waals surface area contributed by atoms with E-state index in [1.165, 1.54) is 11.1 Å². The van der Waals surface area contributed by atoms with E-state index in [1.807, 2.05) is 13.8 Å². The lowest BCUT2D eigenvalue weighted by molar-refractivity contribution is 0.465. The number of phenols is 1. The van der Waals surface area contributed by atoms with Crippen molar-refractivity contribution in [2.24, 2.45) is 5.73 Å². The van der Waals surface area contributed by atoms with Crippen molar-refractivity contribution >= 4 is 15.9 Å². The largest absolute Gasteiger partial charge is 0.506 e. The van der Waals surface area contributed by atoms with Gasteiger partial charge in [0.1, 0.15) is 5.75 Å². The minimum Gasteiger partial charge on any atom is -0.506 e. The quantitative estimate of drug-likeness (QED) is 0.892. The molecule has 2 nitrogen and oxygen atoms in total. The van der Waals surface area contributed by atoms with Gasteiger partial charge in [-0.2, -0.15) is 0 Å². The van der Waals surface area contributed by atoms with Gasteiger partial charge in [0.2, 0.25) is 0 Å². The molecule has 16 heavy (non-hydrogen) atoms. The Morgan fingerprint density at radius 1 is 1.19 bits per heavy atom. The molecule has 0 fully saturated rings. The summed E-state index contributed by atoms with van der Waals surface area (Å²) in [5, 5.41) is 9.93. The predicted octanol–water partition coefficient (Wildman–Crippen LogP) is 3.53. The van der Waals surface area contributed by atoms with Crippen molar-refractivity contribution in [1.82, 2.24) is 0 Å². The summed E-state index contributed by atoms with van der Waals surface area (Å²) in [5.41, 5.74) is 10.2. The average Bonchev–Trinajstić information content (AvgIpc) is 2.24. The Bertz CT molecular complexity index is 372. The summed E-state index contributed by atoms with van der Waals surface area (Å²) >= 11 is 3.45. The van der Waals surface area contributed by atoms with Crippen LogP contribution in [0.25, 0.3) is 0 Å². The normalized spacial score (nSPS) is 12.9. The summed E-state index contributed by atoms with van der Waals surface area (Å²) in [6, 6.07) is 0. The minimum atomic E-state index is 0.360. The maximum Gasteiger partial charge on any atom is 0.133 e. The Labute approximate surface area is 106 Å². The fourth-order valence-corrected chi connectivity index (χ4v) is 2.77. The van der Waals surface area contributed by atoms with E-state index in [2.05, 4.69) is 29.8 Å². The zero-order chi connectivity index (χ0) is 12.5. The molecule has 90 valence electrons. The molecular weight excluding hydrogens is 266 g/mol. The number of hydrogen-bond acceptors (Lipinski definition) is 2. The molecule has 3 N–H and O–H groups in total. The van der Waals surface area contributed by atoms with Crippen molar-refractivity contribution in [2.75, 3.05) is 6.54 Å². The highest BCUT2D eigenvalue weighted by molar-refractivity contribution is 9.10. The standard InChI is InChI=1S/C13H20BrNO/c1-7(5-6-15)11-8(2)9(3)13(16)12(14)10(11)4/h7,16H,5-6,15H2,1-4H3. The molecule has 1 unspecified atom stereocenters. The number of phenolic OH excluding ortho intramolecular Hbond substituents is 1. The maximum atomic E-state index is 9.93. The van der Waals surface area contributed by atoms with Crippen LogP contribution in [0.3, 0.4) is 0 Å². The summed E-state index contributed by atoms with van der Waals surface area (Å²) in [5.74, 6) is 0.791. The highest BCUT2D eigenvalue weighted by atomic mass is 79.9. The van der Waals surface area contributed by atoms with Crippen LogP contribution >= 0.6 is 15.9 Å². The van der Waals surface area contributed by atoms with Crippen molar-refractivity contribution in [1.29, 1.82) is 0 Å². The van der Waals surface area contributed by atoms with E-state index < -0.39 is 0 Å². The lowest BCUT2D eigenvalue weighted by Gasteiger charge is -2.21. The second-order valence-corrected chi connectivity index (χ2v) is 5.22. The van der Waals surface area contributed by atoms with Crippen LogP contribution < -0.4 is 5.73 Å². The molecule has 0 saturated heterocycles. The van der Waals surface area contributed by atoms with Gasteiger partial charge >= 0.3 is 0 Å². The third-order valence-corrected chi connectivity index (χ3v) is 4.33. The van der Waals surface area contributed by atoms with Crippen LogP contribution in [0.4, 0.5) is 0 Å². The Hall–Kier alpha value is -0.540. The van der Waals surface area contributed by atoms with E-state index in [0.717, 1.165) is 22.0 Å². The van der Waals surface area contributed by atoms with Crippen LogP contribution in [-0.4, -0.2) is 11.7 Å². The van der Waals surface area contributed by atoms with Gasteiger partial charge in [0.15, 0.2) is 0 Å². The number of benzene rings is 1. The molecular formula is C13H20BrNO. The highest BCUT2D eigenvalue weighted by Crippen LogP contribution is 2.39. The lowest BCUT2D eigenvalue weighted by Crippen LogP contribution is -2.08. The molecule has 3 heteroatoms. The summed E-state index contributed by atoms with van der Waals surface area (Å²) in [6.07, 6.45) is 0.971. The number of halogens is 1. The van der Waals surface area contributed by atoms with Crippen LogP contribution in [-0.2, 0) is 0 Å². The molecule has 0 radical (unpaired) electrons. The zero-order valence-corrected chi connectivity index (χ0v) is 12.0. The third kappa shape index (κ3) is 2.25. The van der Waals surface area contributed by atoms with E-state index in [0.29, 0.717) is 18.2 Å². The molecule has 0 bridgehead atoms. The zero-order valence-electron chi connectivity index (χ0n) is 10.4. The van der Waals surface area contributed by atoms with Crippen LogP contribution in [0.15, 0.2) is 4.47 Å². The summed E-state index contributed by atoms with van der Waals surface area (Å²) in [7, 11) is 0. The molecule has 0 heterocycles. The maximum absolute atomic E-state index is 9.93. The monoisotopic (exact) mass is 285 g/mol. The Kier molecular flexibility index (Phi) is 4.39. The first kappa shape index (κ1) is 13.5. The molecule has 0 saturated carbocycles. The van der Waals surface area contributed by atoms with Gasteiger partial charge in [0.25, 0.3) is 0 Å². The summed E-state index contributed by atoms with van der Waals surface area (Å²) < 4.78 is 0.814. The molecule has 0 aliphatic rings. The predicted molar refractivity (Wildman–Crippen MR) is 72.1 cm³/mol. The van der Waals surface area contributed by atoms with Crippen molar-refractivity contribution in [3.8, 4) is 5.75 Å². The summed E-state index contributed by atoms with van der Waals surface area (Å²) in [6.45, 7) is 8.94. The molecule has 1 aromatic rings. The van der Waals surface area contributed by atoms with Gasteiger partial charge in [-0.05, 0) is 77.8 Å². The number of aromatic hydroxyl groups is 1. The van der Waals surface area contributed by atoms with Crippen molar-refractivity contribution in [3.63, 3.8) is 0 Å². The topological polar surface area (TPSA) is 46.2 Å². The van der Waals surface area contributed by atoms with Crippen molar-refractivity contribution in [2.45, 2.75) is 40.0 Å². The first-order valence-electron chi connectivity index (χ1n) is 5.60. The Balaban J connectivity index is 3.39. The van der Waals surface area contributed by atoms with E-state index >= 15 is 0 Å². The van der Waals surface area contributed by atoms with Gasteiger partial charge in [-0.25, -0.2) is 0 Å². The molecule has 0 aliphatic heterocycles. The van der Waals surface area contributed by atoms with Gasteiger partial charge in [-0.15, -0.1) is 0 Å². The van der Waals surface area contributed by atoms with Gasteiger partial charge < -0.3 is 10.8 Å². The van der Waals surface area contributed by atoms with Crippen LogP contribution in [0.1, 0.15) is 41.5 Å². The fraction of sp³-hybridized carbons (Fsp3) is 0.538. The van der Waals surface area contributed by atoms with Gasteiger partial charge in [-0.1, -0.05) is 6.92 Å². The Morgan fingerprint density at radius 2 is 1.75 bits per heavy atom. The Morgan fingerprint density at radius 3 is 2.25 bits per heavy atom. The van der Waals surface area contributed by atoms with Crippen molar-refractivity contribution in [3.05, 3.63) is 26.7 Å². The number of hydrogen-bond donors (Lipinski definition) is 2. The molecule has 1 aromatic carbocycles. The van der Waals surface area contributed by atoms with Crippen LogP contribution in [0.2, 0.25) is 0 Å². The van der Waals surface area contributed by atoms with E-state index in [9.17, 15) is 5.11 Å². The van der Waals surface area contributed by atoms with E-state index in [4.69, 9.17) is 5.73 Å².